The number of hydrogen-bond donors (Lipinski definition) is 1. The molecule has 0 radical (unpaired) electrons. The SMILES string of the molecule is CC(CN(C)c1ccn2nccc2n1)C(=O)O. The highest BCUT2D eigenvalue weighted by Gasteiger charge is 2.14. The van der Waals surface area contributed by atoms with E-state index in [2.05, 4.69) is 10.1 Å². The van der Waals surface area contributed by atoms with E-state index in [-0.39, 0.29) is 0 Å². The molecule has 6 heteroatoms. The minimum Gasteiger partial charge on any atom is -0.481 e. The molecule has 0 amide bonds. The number of nitrogens with zero attached hydrogens (tertiary/aromatic N) is 4. The number of aromatic nitrogens is 3. The van der Waals surface area contributed by atoms with Crippen molar-refractivity contribution in [2.75, 3.05) is 18.5 Å². The third-order valence-electron chi connectivity index (χ3n) is 2.60. The molecule has 2 aromatic heterocycles. The van der Waals surface area contributed by atoms with Crippen LogP contribution in [-0.4, -0.2) is 39.3 Å². The molecule has 17 heavy (non-hydrogen) atoms. The molecule has 0 spiro atoms. The van der Waals surface area contributed by atoms with Gasteiger partial charge in [0.15, 0.2) is 5.65 Å². The highest BCUT2D eigenvalue weighted by Crippen LogP contribution is 2.12. The van der Waals surface area contributed by atoms with E-state index in [4.69, 9.17) is 5.11 Å². The van der Waals surface area contributed by atoms with Gasteiger partial charge in [0.05, 0.1) is 12.1 Å². The molecule has 0 saturated heterocycles. The molecule has 0 aliphatic heterocycles. The summed E-state index contributed by atoms with van der Waals surface area (Å²) >= 11 is 0. The van der Waals surface area contributed by atoms with Crippen molar-refractivity contribution in [2.45, 2.75) is 6.92 Å². The van der Waals surface area contributed by atoms with Gasteiger partial charge >= 0.3 is 5.97 Å². The van der Waals surface area contributed by atoms with E-state index in [0.29, 0.717) is 6.54 Å². The van der Waals surface area contributed by atoms with Crippen molar-refractivity contribution in [3.05, 3.63) is 24.5 Å². The van der Waals surface area contributed by atoms with Gasteiger partial charge in [-0.3, -0.25) is 4.79 Å². The quantitative estimate of drug-likeness (QED) is 0.850. The van der Waals surface area contributed by atoms with Gasteiger partial charge in [0, 0.05) is 25.9 Å². The molecule has 90 valence electrons. The third-order valence-corrected chi connectivity index (χ3v) is 2.60. The van der Waals surface area contributed by atoms with Crippen LogP contribution >= 0.6 is 0 Å². The van der Waals surface area contributed by atoms with Crippen LogP contribution in [0.2, 0.25) is 0 Å². The molecule has 0 saturated carbocycles. The molecule has 2 rings (SSSR count). The number of carboxylic acid groups (broad SMARTS) is 1. The average molecular weight is 234 g/mol. The average Bonchev–Trinajstić information content (AvgIpc) is 2.75. The molecule has 0 fully saturated rings. The second kappa shape index (κ2) is 4.40. The van der Waals surface area contributed by atoms with Gasteiger partial charge in [-0.25, -0.2) is 9.50 Å². The maximum Gasteiger partial charge on any atom is 0.308 e. The molecule has 2 heterocycles. The first-order chi connectivity index (χ1) is 8.08. The van der Waals surface area contributed by atoms with E-state index >= 15 is 0 Å². The summed E-state index contributed by atoms with van der Waals surface area (Å²) in [5.41, 5.74) is 0.748. The van der Waals surface area contributed by atoms with Crippen molar-refractivity contribution in [3.63, 3.8) is 0 Å². The lowest BCUT2D eigenvalue weighted by Crippen LogP contribution is -2.29. The first kappa shape index (κ1) is 11.4. The number of carboxylic acids is 1. The van der Waals surface area contributed by atoms with Crippen molar-refractivity contribution in [3.8, 4) is 0 Å². The van der Waals surface area contributed by atoms with Crippen molar-refractivity contribution < 1.29 is 9.90 Å². The minimum atomic E-state index is -0.803. The topological polar surface area (TPSA) is 70.7 Å². The zero-order valence-electron chi connectivity index (χ0n) is 9.74. The smallest absolute Gasteiger partial charge is 0.308 e. The summed E-state index contributed by atoms with van der Waals surface area (Å²) in [7, 11) is 1.83. The molecule has 2 aromatic rings. The standard InChI is InChI=1S/C11H14N4O2/c1-8(11(16)17)7-14(2)9-4-6-15-10(13-9)3-5-12-15/h3-6,8H,7H2,1-2H3,(H,16,17). The molecule has 0 aliphatic rings. The molecule has 1 unspecified atom stereocenters. The van der Waals surface area contributed by atoms with Gasteiger partial charge in [0.1, 0.15) is 5.82 Å². The Hall–Kier alpha value is -2.11. The van der Waals surface area contributed by atoms with Crippen LogP contribution in [0.5, 0.6) is 0 Å². The van der Waals surface area contributed by atoms with E-state index < -0.39 is 11.9 Å². The fraction of sp³-hybridized carbons (Fsp3) is 0.364. The summed E-state index contributed by atoms with van der Waals surface area (Å²) in [6.45, 7) is 2.10. The first-order valence-corrected chi connectivity index (χ1v) is 5.32. The summed E-state index contributed by atoms with van der Waals surface area (Å²) in [4.78, 5) is 17.0. The highest BCUT2D eigenvalue weighted by atomic mass is 16.4. The van der Waals surface area contributed by atoms with Gasteiger partial charge in [0.25, 0.3) is 0 Å². The molecule has 1 atom stereocenters. The minimum absolute atomic E-state index is 0.423. The van der Waals surface area contributed by atoms with E-state index in [1.807, 2.05) is 18.0 Å². The Kier molecular flexibility index (Phi) is 2.95. The predicted molar refractivity (Wildman–Crippen MR) is 63.1 cm³/mol. The van der Waals surface area contributed by atoms with E-state index in [1.165, 1.54) is 0 Å². The van der Waals surface area contributed by atoms with Crippen molar-refractivity contribution in [1.29, 1.82) is 0 Å². The first-order valence-electron chi connectivity index (χ1n) is 5.32. The lowest BCUT2D eigenvalue weighted by Gasteiger charge is -2.20. The predicted octanol–water partition coefficient (Wildman–Crippen LogP) is 0.886. The van der Waals surface area contributed by atoms with Gasteiger partial charge in [0.2, 0.25) is 0 Å². The zero-order valence-corrected chi connectivity index (χ0v) is 9.74. The van der Waals surface area contributed by atoms with Gasteiger partial charge in [-0.1, -0.05) is 6.92 Å². The largest absolute Gasteiger partial charge is 0.481 e. The molecule has 0 aromatic carbocycles. The fourth-order valence-corrected chi connectivity index (χ4v) is 1.60. The number of anilines is 1. The van der Waals surface area contributed by atoms with Crippen molar-refractivity contribution >= 4 is 17.4 Å². The Balaban J connectivity index is 2.18. The molecule has 0 bridgehead atoms. The number of hydrogen-bond acceptors (Lipinski definition) is 4. The van der Waals surface area contributed by atoms with Gasteiger partial charge in [-0.05, 0) is 6.07 Å². The molecular weight excluding hydrogens is 220 g/mol. The third kappa shape index (κ3) is 2.35. The molecule has 1 N–H and O–H groups in total. The van der Waals surface area contributed by atoms with Gasteiger partial charge in [-0.15, -0.1) is 0 Å². The fourth-order valence-electron chi connectivity index (χ4n) is 1.60. The maximum atomic E-state index is 10.8. The maximum absolute atomic E-state index is 10.8. The number of carbonyl (C=O) groups is 1. The number of fused-ring (bicyclic) bond motifs is 1. The van der Waals surface area contributed by atoms with Crippen LogP contribution in [0.25, 0.3) is 5.65 Å². The lowest BCUT2D eigenvalue weighted by molar-refractivity contribution is -0.140. The summed E-state index contributed by atoms with van der Waals surface area (Å²) in [5.74, 6) is -0.490. The van der Waals surface area contributed by atoms with Gasteiger partial charge in [-0.2, -0.15) is 5.10 Å². The Morgan fingerprint density at radius 1 is 1.59 bits per heavy atom. The number of aliphatic carboxylic acids is 1. The van der Waals surface area contributed by atoms with Crippen LogP contribution in [0.1, 0.15) is 6.92 Å². The number of rotatable bonds is 4. The summed E-state index contributed by atoms with van der Waals surface area (Å²) in [6.07, 6.45) is 3.48. The Labute approximate surface area is 98.5 Å². The normalized spacial score (nSPS) is 12.6. The van der Waals surface area contributed by atoms with Crippen molar-refractivity contribution in [2.24, 2.45) is 5.92 Å². The van der Waals surface area contributed by atoms with Crippen LogP contribution in [0.15, 0.2) is 24.5 Å². The summed E-state index contributed by atoms with van der Waals surface area (Å²) < 4.78 is 1.66. The monoisotopic (exact) mass is 234 g/mol. The second-order valence-corrected chi connectivity index (χ2v) is 4.04. The Morgan fingerprint density at radius 2 is 2.35 bits per heavy atom. The highest BCUT2D eigenvalue weighted by molar-refractivity contribution is 5.70. The van der Waals surface area contributed by atoms with Crippen LogP contribution in [0.3, 0.4) is 0 Å². The van der Waals surface area contributed by atoms with Crippen LogP contribution in [0.4, 0.5) is 5.82 Å². The van der Waals surface area contributed by atoms with Gasteiger partial charge < -0.3 is 10.0 Å². The molecular formula is C11H14N4O2. The van der Waals surface area contributed by atoms with E-state index in [0.717, 1.165) is 11.5 Å². The van der Waals surface area contributed by atoms with Crippen LogP contribution in [0, 0.1) is 5.92 Å². The lowest BCUT2D eigenvalue weighted by atomic mass is 10.2. The molecule has 6 nitrogen and oxygen atoms in total. The Bertz CT molecular complexity index is 537. The molecule has 0 aliphatic carbocycles. The second-order valence-electron chi connectivity index (χ2n) is 4.04. The van der Waals surface area contributed by atoms with E-state index in [1.54, 1.807) is 29.9 Å². The Morgan fingerprint density at radius 3 is 3.06 bits per heavy atom. The summed E-state index contributed by atoms with van der Waals surface area (Å²) in [6, 6.07) is 3.62. The zero-order chi connectivity index (χ0) is 12.4. The van der Waals surface area contributed by atoms with E-state index in [9.17, 15) is 4.79 Å². The van der Waals surface area contributed by atoms with Crippen LogP contribution < -0.4 is 4.90 Å². The van der Waals surface area contributed by atoms with Crippen LogP contribution in [-0.2, 0) is 4.79 Å². The summed E-state index contributed by atoms with van der Waals surface area (Å²) in [5, 5.41) is 12.9. The van der Waals surface area contributed by atoms with Crippen molar-refractivity contribution in [1.82, 2.24) is 14.6 Å².